The fourth-order valence-electron chi connectivity index (χ4n) is 3.80. The first-order valence-electron chi connectivity index (χ1n) is 10.5. The topological polar surface area (TPSA) is 68.3 Å². The number of piperazine rings is 1. The van der Waals surface area contributed by atoms with Crippen LogP contribution >= 0.6 is 0 Å². The quantitative estimate of drug-likeness (QED) is 0.596. The second-order valence-electron chi connectivity index (χ2n) is 7.54. The van der Waals surface area contributed by atoms with Crippen LogP contribution in [0.25, 0.3) is 10.8 Å². The molecule has 7 heteroatoms. The van der Waals surface area contributed by atoms with Crippen LogP contribution in [-0.4, -0.2) is 68.6 Å². The Bertz CT molecular complexity index is 1120. The molecule has 3 aromatic carbocycles. The number of amides is 2. The number of fused-ring (bicyclic) bond motifs is 1. The van der Waals surface area contributed by atoms with Crippen molar-refractivity contribution in [2.24, 2.45) is 0 Å². The van der Waals surface area contributed by atoms with Crippen molar-refractivity contribution in [3.63, 3.8) is 0 Å². The molecule has 2 amide bonds. The van der Waals surface area contributed by atoms with Crippen molar-refractivity contribution < 1.29 is 23.8 Å². The van der Waals surface area contributed by atoms with E-state index in [0.717, 1.165) is 10.8 Å². The Morgan fingerprint density at radius 2 is 1.47 bits per heavy atom. The first-order valence-corrected chi connectivity index (χ1v) is 10.5. The van der Waals surface area contributed by atoms with Gasteiger partial charge in [0.25, 0.3) is 11.8 Å². The second kappa shape index (κ2) is 9.60. The van der Waals surface area contributed by atoms with E-state index in [4.69, 9.17) is 14.2 Å². The number of hydrogen-bond donors (Lipinski definition) is 0. The highest BCUT2D eigenvalue weighted by atomic mass is 16.5. The number of rotatable bonds is 6. The van der Waals surface area contributed by atoms with Gasteiger partial charge in [0.05, 0.1) is 14.2 Å². The highest BCUT2D eigenvalue weighted by Gasteiger charge is 2.25. The molecular formula is C25H26N2O5. The third-order valence-electron chi connectivity index (χ3n) is 5.63. The Hall–Kier alpha value is -3.74. The summed E-state index contributed by atoms with van der Waals surface area (Å²) >= 11 is 0. The lowest BCUT2D eigenvalue weighted by molar-refractivity contribution is -0.134. The minimum atomic E-state index is -0.0922. The smallest absolute Gasteiger partial charge is 0.260 e. The molecule has 0 aliphatic carbocycles. The normalized spacial score (nSPS) is 13.7. The highest BCUT2D eigenvalue weighted by molar-refractivity contribution is 5.95. The molecule has 3 aromatic rings. The Labute approximate surface area is 187 Å². The van der Waals surface area contributed by atoms with Crippen molar-refractivity contribution in [3.05, 3.63) is 66.2 Å². The average Bonchev–Trinajstić information content (AvgIpc) is 2.86. The van der Waals surface area contributed by atoms with Gasteiger partial charge in [-0.3, -0.25) is 9.59 Å². The molecule has 1 saturated heterocycles. The van der Waals surface area contributed by atoms with Gasteiger partial charge in [0.2, 0.25) is 0 Å². The van der Waals surface area contributed by atoms with Gasteiger partial charge in [0, 0.05) is 31.7 Å². The molecule has 0 unspecified atom stereocenters. The van der Waals surface area contributed by atoms with Crippen LogP contribution in [0.4, 0.5) is 0 Å². The fraction of sp³-hybridized carbons (Fsp3) is 0.280. The molecule has 0 atom stereocenters. The maximum absolute atomic E-state index is 12.9. The maximum Gasteiger partial charge on any atom is 0.260 e. The van der Waals surface area contributed by atoms with Crippen LogP contribution in [-0.2, 0) is 4.79 Å². The van der Waals surface area contributed by atoms with E-state index in [1.807, 2.05) is 42.5 Å². The molecule has 0 saturated carbocycles. The Morgan fingerprint density at radius 1 is 0.781 bits per heavy atom. The Balaban J connectivity index is 1.30. The van der Waals surface area contributed by atoms with Crippen LogP contribution < -0.4 is 14.2 Å². The number of ether oxygens (including phenoxy) is 3. The first-order chi connectivity index (χ1) is 15.6. The van der Waals surface area contributed by atoms with Gasteiger partial charge in [-0.25, -0.2) is 0 Å². The lowest BCUT2D eigenvalue weighted by Crippen LogP contribution is -2.51. The van der Waals surface area contributed by atoms with E-state index in [1.54, 1.807) is 35.1 Å². The average molecular weight is 434 g/mol. The van der Waals surface area contributed by atoms with Gasteiger partial charge < -0.3 is 24.0 Å². The van der Waals surface area contributed by atoms with Crippen molar-refractivity contribution in [2.75, 3.05) is 47.0 Å². The molecule has 32 heavy (non-hydrogen) atoms. The molecule has 1 aliphatic rings. The van der Waals surface area contributed by atoms with E-state index >= 15 is 0 Å². The van der Waals surface area contributed by atoms with Gasteiger partial charge in [-0.2, -0.15) is 0 Å². The molecule has 0 spiro atoms. The van der Waals surface area contributed by atoms with Gasteiger partial charge >= 0.3 is 0 Å². The molecule has 1 fully saturated rings. The molecule has 0 N–H and O–H groups in total. The number of methoxy groups -OCH3 is 2. The van der Waals surface area contributed by atoms with Crippen LogP contribution in [0.3, 0.4) is 0 Å². The van der Waals surface area contributed by atoms with Gasteiger partial charge in [-0.05, 0) is 41.1 Å². The van der Waals surface area contributed by atoms with Crippen LogP contribution in [0.2, 0.25) is 0 Å². The summed E-state index contributed by atoms with van der Waals surface area (Å²) in [6, 6.07) is 18.9. The molecule has 1 aliphatic heterocycles. The summed E-state index contributed by atoms with van der Waals surface area (Å²) in [5.74, 6) is 1.57. The summed E-state index contributed by atoms with van der Waals surface area (Å²) in [6.07, 6.45) is 0. The number of hydrogen-bond acceptors (Lipinski definition) is 5. The Morgan fingerprint density at radius 3 is 2.19 bits per heavy atom. The van der Waals surface area contributed by atoms with Gasteiger partial charge in [-0.1, -0.05) is 30.3 Å². The largest absolute Gasteiger partial charge is 0.493 e. The lowest BCUT2D eigenvalue weighted by Gasteiger charge is -2.34. The molecule has 166 valence electrons. The Kier molecular flexibility index (Phi) is 6.44. The second-order valence-corrected chi connectivity index (χ2v) is 7.54. The van der Waals surface area contributed by atoms with E-state index in [9.17, 15) is 9.59 Å². The van der Waals surface area contributed by atoms with Crippen LogP contribution in [0.1, 0.15) is 10.4 Å². The van der Waals surface area contributed by atoms with E-state index in [-0.39, 0.29) is 18.4 Å². The van der Waals surface area contributed by atoms with Crippen molar-refractivity contribution in [1.29, 1.82) is 0 Å². The summed E-state index contributed by atoms with van der Waals surface area (Å²) in [6.45, 7) is 1.85. The van der Waals surface area contributed by atoms with E-state index < -0.39 is 0 Å². The SMILES string of the molecule is COc1ccc(C(=O)N2CCN(C(=O)COc3ccc4ccccc4c3)CC2)cc1OC. The van der Waals surface area contributed by atoms with Crippen LogP contribution in [0, 0.1) is 0 Å². The number of nitrogens with zero attached hydrogens (tertiary/aromatic N) is 2. The van der Waals surface area contributed by atoms with Crippen LogP contribution in [0.5, 0.6) is 17.2 Å². The van der Waals surface area contributed by atoms with Crippen molar-refractivity contribution in [2.45, 2.75) is 0 Å². The molecule has 0 bridgehead atoms. The third-order valence-corrected chi connectivity index (χ3v) is 5.63. The summed E-state index contributed by atoms with van der Waals surface area (Å²) in [7, 11) is 3.09. The predicted molar refractivity (Wildman–Crippen MR) is 121 cm³/mol. The predicted octanol–water partition coefficient (Wildman–Crippen LogP) is 3.22. The first kappa shape index (κ1) is 21.5. The van der Waals surface area contributed by atoms with Crippen molar-refractivity contribution in [3.8, 4) is 17.2 Å². The summed E-state index contributed by atoms with van der Waals surface area (Å²) in [5.41, 5.74) is 0.530. The fourth-order valence-corrected chi connectivity index (χ4v) is 3.80. The molecule has 1 heterocycles. The number of benzene rings is 3. The van der Waals surface area contributed by atoms with Gasteiger partial charge in [0.15, 0.2) is 18.1 Å². The van der Waals surface area contributed by atoms with Crippen molar-refractivity contribution >= 4 is 22.6 Å². The minimum absolute atomic E-state index is 0.0258. The third kappa shape index (κ3) is 4.61. The molecule has 7 nitrogen and oxygen atoms in total. The lowest BCUT2D eigenvalue weighted by atomic mass is 10.1. The molecule has 0 aromatic heterocycles. The minimum Gasteiger partial charge on any atom is -0.493 e. The molecule has 0 radical (unpaired) electrons. The zero-order valence-electron chi connectivity index (χ0n) is 18.2. The molecule has 4 rings (SSSR count). The van der Waals surface area contributed by atoms with E-state index in [1.165, 1.54) is 7.11 Å². The monoisotopic (exact) mass is 434 g/mol. The van der Waals surface area contributed by atoms with Gasteiger partial charge in [-0.15, -0.1) is 0 Å². The summed E-state index contributed by atoms with van der Waals surface area (Å²) < 4.78 is 16.2. The number of carbonyl (C=O) groups is 2. The van der Waals surface area contributed by atoms with Gasteiger partial charge in [0.1, 0.15) is 5.75 Å². The maximum atomic E-state index is 12.9. The summed E-state index contributed by atoms with van der Waals surface area (Å²) in [4.78, 5) is 28.9. The van der Waals surface area contributed by atoms with E-state index in [0.29, 0.717) is 49.0 Å². The molecular weight excluding hydrogens is 408 g/mol. The van der Waals surface area contributed by atoms with E-state index in [2.05, 4.69) is 0 Å². The standard InChI is InChI=1S/C25H26N2O5/c1-30-22-10-8-20(16-23(22)31-2)25(29)27-13-11-26(12-14-27)24(28)17-32-21-9-7-18-5-3-4-6-19(18)15-21/h3-10,15-16H,11-14,17H2,1-2H3. The van der Waals surface area contributed by atoms with Crippen LogP contribution in [0.15, 0.2) is 60.7 Å². The highest BCUT2D eigenvalue weighted by Crippen LogP contribution is 2.28. The summed E-state index contributed by atoms with van der Waals surface area (Å²) in [5, 5.41) is 2.20. The van der Waals surface area contributed by atoms with Crippen molar-refractivity contribution in [1.82, 2.24) is 9.80 Å². The number of carbonyl (C=O) groups excluding carboxylic acids is 2. The zero-order chi connectivity index (χ0) is 22.5. The zero-order valence-corrected chi connectivity index (χ0v) is 18.2.